The van der Waals surface area contributed by atoms with Gasteiger partial charge in [-0.25, -0.2) is 4.98 Å². The van der Waals surface area contributed by atoms with Crippen LogP contribution < -0.4 is 5.32 Å². The average Bonchev–Trinajstić information content (AvgIpc) is 3.30. The van der Waals surface area contributed by atoms with Crippen LogP contribution in [-0.4, -0.2) is 15.9 Å². The second-order valence-corrected chi connectivity index (χ2v) is 6.64. The van der Waals surface area contributed by atoms with Crippen molar-refractivity contribution in [2.45, 2.75) is 12.8 Å². The van der Waals surface area contributed by atoms with Crippen LogP contribution >= 0.6 is 11.3 Å². The molecule has 0 spiro atoms. The van der Waals surface area contributed by atoms with Crippen LogP contribution in [0.15, 0.2) is 65.4 Å². The van der Waals surface area contributed by atoms with E-state index in [1.54, 1.807) is 11.3 Å². The van der Waals surface area contributed by atoms with Crippen LogP contribution in [0.4, 0.5) is 5.69 Å². The number of aromatic amines is 1. The zero-order chi connectivity index (χ0) is 17.1. The number of hydrogen-bond acceptors (Lipinski definition) is 3. The molecule has 0 aliphatic rings. The highest BCUT2D eigenvalue weighted by molar-refractivity contribution is 7.07. The molecule has 2 N–H and O–H groups in total. The van der Waals surface area contributed by atoms with E-state index in [2.05, 4.69) is 26.7 Å². The van der Waals surface area contributed by atoms with E-state index >= 15 is 0 Å². The Balaban J connectivity index is 1.42. The Hall–Kier alpha value is -2.92. The van der Waals surface area contributed by atoms with Gasteiger partial charge in [-0.2, -0.15) is 11.3 Å². The van der Waals surface area contributed by atoms with Crippen LogP contribution in [0.1, 0.15) is 12.0 Å². The highest BCUT2D eigenvalue weighted by Crippen LogP contribution is 2.22. The van der Waals surface area contributed by atoms with Crippen molar-refractivity contribution in [2.24, 2.45) is 0 Å². The maximum Gasteiger partial charge on any atom is 0.224 e. The zero-order valence-corrected chi connectivity index (χ0v) is 14.3. The summed E-state index contributed by atoms with van der Waals surface area (Å²) in [4.78, 5) is 20.0. The van der Waals surface area contributed by atoms with Crippen LogP contribution in [0.25, 0.3) is 22.4 Å². The van der Waals surface area contributed by atoms with Crippen LogP contribution in [-0.2, 0) is 11.2 Å². The third-order valence-corrected chi connectivity index (χ3v) is 4.78. The zero-order valence-electron chi connectivity index (χ0n) is 13.5. The minimum atomic E-state index is 0.0303. The Labute approximate surface area is 149 Å². The first kappa shape index (κ1) is 15.6. The fourth-order valence-corrected chi connectivity index (χ4v) is 3.42. The van der Waals surface area contributed by atoms with Crippen molar-refractivity contribution in [3.8, 4) is 11.4 Å². The summed E-state index contributed by atoms with van der Waals surface area (Å²) in [5.74, 6) is 0.860. The number of carbonyl (C=O) groups excluding carboxylic acids is 1. The smallest absolute Gasteiger partial charge is 0.224 e. The maximum atomic E-state index is 12.1. The summed E-state index contributed by atoms with van der Waals surface area (Å²) < 4.78 is 0. The lowest BCUT2D eigenvalue weighted by Gasteiger charge is -2.05. The molecule has 25 heavy (non-hydrogen) atoms. The fraction of sp³-hybridized carbons (Fsp3) is 0.100. The van der Waals surface area contributed by atoms with Crippen molar-refractivity contribution < 1.29 is 4.79 Å². The Morgan fingerprint density at radius 2 is 1.92 bits per heavy atom. The molecule has 124 valence electrons. The van der Waals surface area contributed by atoms with Crippen molar-refractivity contribution in [1.82, 2.24) is 9.97 Å². The molecule has 0 atom stereocenters. The normalized spacial score (nSPS) is 10.9. The van der Waals surface area contributed by atoms with Crippen molar-refractivity contribution in [1.29, 1.82) is 0 Å². The summed E-state index contributed by atoms with van der Waals surface area (Å²) in [6, 6.07) is 17.8. The molecule has 0 aliphatic heterocycles. The van der Waals surface area contributed by atoms with Crippen molar-refractivity contribution in [3.63, 3.8) is 0 Å². The van der Waals surface area contributed by atoms with E-state index in [0.717, 1.165) is 34.5 Å². The van der Waals surface area contributed by atoms with E-state index in [1.807, 2.05) is 53.9 Å². The van der Waals surface area contributed by atoms with E-state index in [1.165, 1.54) is 5.56 Å². The minimum Gasteiger partial charge on any atom is -0.338 e. The van der Waals surface area contributed by atoms with E-state index in [4.69, 9.17) is 0 Å². The number of benzene rings is 2. The Kier molecular flexibility index (Phi) is 4.31. The van der Waals surface area contributed by atoms with Gasteiger partial charge in [-0.15, -0.1) is 0 Å². The van der Waals surface area contributed by atoms with Gasteiger partial charge < -0.3 is 10.3 Å². The number of aryl methyl sites for hydroxylation is 1. The van der Waals surface area contributed by atoms with Crippen LogP contribution in [0.5, 0.6) is 0 Å². The van der Waals surface area contributed by atoms with Gasteiger partial charge in [0, 0.05) is 17.7 Å². The van der Waals surface area contributed by atoms with E-state index < -0.39 is 0 Å². The molecule has 2 aromatic heterocycles. The Morgan fingerprint density at radius 1 is 1.08 bits per heavy atom. The van der Waals surface area contributed by atoms with Gasteiger partial charge in [0.1, 0.15) is 5.82 Å². The molecule has 0 fully saturated rings. The number of nitrogens with zero attached hydrogens (tertiary/aromatic N) is 1. The molecule has 0 aliphatic carbocycles. The number of para-hydroxylation sites is 2. The first-order chi connectivity index (χ1) is 12.3. The SMILES string of the molecule is O=C(CCc1ccsc1)Nc1ccc(-c2nc3ccccc3[nH]2)cc1. The molecule has 0 radical (unpaired) electrons. The summed E-state index contributed by atoms with van der Waals surface area (Å²) in [7, 11) is 0. The van der Waals surface area contributed by atoms with E-state index in [-0.39, 0.29) is 5.91 Å². The standard InChI is InChI=1S/C20H17N3OS/c24-19(10-5-14-11-12-25-13-14)21-16-8-6-15(7-9-16)20-22-17-3-1-2-4-18(17)23-20/h1-4,6-9,11-13H,5,10H2,(H,21,24)(H,22,23). The molecule has 2 aromatic carbocycles. The second kappa shape index (κ2) is 6.91. The third-order valence-electron chi connectivity index (χ3n) is 4.05. The van der Waals surface area contributed by atoms with Crippen LogP contribution in [0.2, 0.25) is 0 Å². The molecule has 0 saturated carbocycles. The molecule has 5 heteroatoms. The third kappa shape index (κ3) is 3.61. The summed E-state index contributed by atoms with van der Waals surface area (Å²) in [6.07, 6.45) is 1.26. The molecule has 4 nitrogen and oxygen atoms in total. The van der Waals surface area contributed by atoms with Crippen molar-refractivity contribution >= 4 is 34.0 Å². The predicted molar refractivity (Wildman–Crippen MR) is 103 cm³/mol. The lowest BCUT2D eigenvalue weighted by atomic mass is 10.1. The fourth-order valence-electron chi connectivity index (χ4n) is 2.72. The number of imidazole rings is 1. The molecule has 4 rings (SSSR count). The summed E-state index contributed by atoms with van der Waals surface area (Å²) in [5, 5.41) is 7.05. The predicted octanol–water partition coefficient (Wildman–Crippen LogP) is 4.86. The molecule has 0 saturated heterocycles. The lowest BCUT2D eigenvalue weighted by Crippen LogP contribution is -2.12. The second-order valence-electron chi connectivity index (χ2n) is 5.86. The number of H-pyrrole nitrogens is 1. The van der Waals surface area contributed by atoms with Crippen molar-refractivity contribution in [3.05, 3.63) is 70.9 Å². The summed E-state index contributed by atoms with van der Waals surface area (Å²) >= 11 is 1.66. The van der Waals surface area contributed by atoms with Gasteiger partial charge in [-0.3, -0.25) is 4.79 Å². The van der Waals surface area contributed by atoms with Gasteiger partial charge in [0.05, 0.1) is 11.0 Å². The van der Waals surface area contributed by atoms with Gasteiger partial charge in [0.25, 0.3) is 0 Å². The van der Waals surface area contributed by atoms with Gasteiger partial charge in [-0.05, 0) is 65.2 Å². The highest BCUT2D eigenvalue weighted by Gasteiger charge is 2.07. The molecular formula is C20H17N3OS. The maximum absolute atomic E-state index is 12.1. The highest BCUT2D eigenvalue weighted by atomic mass is 32.1. The number of amides is 1. The first-order valence-corrected chi connectivity index (χ1v) is 9.08. The minimum absolute atomic E-state index is 0.0303. The quantitative estimate of drug-likeness (QED) is 0.541. The number of fused-ring (bicyclic) bond motifs is 1. The topological polar surface area (TPSA) is 57.8 Å². The van der Waals surface area contributed by atoms with Crippen LogP contribution in [0, 0.1) is 0 Å². The molecular weight excluding hydrogens is 330 g/mol. The van der Waals surface area contributed by atoms with E-state index in [0.29, 0.717) is 6.42 Å². The molecule has 2 heterocycles. The molecule has 0 unspecified atom stereocenters. The summed E-state index contributed by atoms with van der Waals surface area (Å²) in [5.41, 5.74) is 4.97. The van der Waals surface area contributed by atoms with Gasteiger partial charge in [0.15, 0.2) is 0 Å². The number of rotatable bonds is 5. The van der Waals surface area contributed by atoms with Gasteiger partial charge in [0.2, 0.25) is 5.91 Å². The monoisotopic (exact) mass is 347 g/mol. The molecule has 1 amide bonds. The Bertz CT molecular complexity index is 954. The number of carbonyl (C=O) groups is 1. The molecule has 4 aromatic rings. The van der Waals surface area contributed by atoms with E-state index in [9.17, 15) is 4.79 Å². The van der Waals surface area contributed by atoms with Gasteiger partial charge >= 0.3 is 0 Å². The number of hydrogen-bond donors (Lipinski definition) is 2. The average molecular weight is 347 g/mol. The number of anilines is 1. The largest absolute Gasteiger partial charge is 0.338 e. The number of aromatic nitrogens is 2. The van der Waals surface area contributed by atoms with Crippen LogP contribution in [0.3, 0.4) is 0 Å². The van der Waals surface area contributed by atoms with Crippen molar-refractivity contribution in [2.75, 3.05) is 5.32 Å². The molecule has 0 bridgehead atoms. The summed E-state index contributed by atoms with van der Waals surface area (Å²) in [6.45, 7) is 0. The van der Waals surface area contributed by atoms with Gasteiger partial charge in [-0.1, -0.05) is 12.1 Å². The number of thiophene rings is 1. The first-order valence-electron chi connectivity index (χ1n) is 8.14. The lowest BCUT2D eigenvalue weighted by molar-refractivity contribution is -0.116. The number of nitrogens with one attached hydrogen (secondary N) is 2. The Morgan fingerprint density at radius 3 is 2.68 bits per heavy atom.